The van der Waals surface area contributed by atoms with E-state index in [1.165, 1.54) is 16.5 Å². The van der Waals surface area contributed by atoms with Gasteiger partial charge in [-0.2, -0.15) is 5.10 Å². The highest BCUT2D eigenvalue weighted by Gasteiger charge is 2.25. The van der Waals surface area contributed by atoms with Crippen molar-refractivity contribution in [1.82, 2.24) is 29.9 Å². The Labute approximate surface area is 206 Å². The smallest absolute Gasteiger partial charge is 0.197 e. The summed E-state index contributed by atoms with van der Waals surface area (Å²) in [5.74, 6) is 2.10. The van der Waals surface area contributed by atoms with Gasteiger partial charge in [0.25, 0.3) is 0 Å². The fourth-order valence-corrected chi connectivity index (χ4v) is 5.30. The van der Waals surface area contributed by atoms with E-state index in [1.54, 1.807) is 18.0 Å². The van der Waals surface area contributed by atoms with Gasteiger partial charge in [-0.1, -0.05) is 27.4 Å². The standard InChI is InChI=1S/C27H35N7O/c1-7-17(4)31-20-8-10-33(11-9-20)26-18(5)24-21(13-28-26)32-25(23(24)16(2)3)19-12-22(35-6)27-29-15-30-34(27)14-19/h12-16,20,31-32H,4,7-11H2,1-3,5-6H3. The lowest BCUT2D eigenvalue weighted by atomic mass is 9.94. The molecule has 0 saturated carbocycles. The lowest BCUT2D eigenvalue weighted by molar-refractivity contribution is 0.416. The number of H-pyrrole nitrogens is 1. The minimum absolute atomic E-state index is 0.320. The van der Waals surface area contributed by atoms with Crippen molar-refractivity contribution in [2.75, 3.05) is 25.1 Å². The molecule has 0 amide bonds. The van der Waals surface area contributed by atoms with E-state index >= 15 is 0 Å². The largest absolute Gasteiger partial charge is 0.493 e. The van der Waals surface area contributed by atoms with Crippen molar-refractivity contribution in [1.29, 1.82) is 0 Å². The summed E-state index contributed by atoms with van der Waals surface area (Å²) in [6.45, 7) is 14.9. The molecule has 4 aromatic rings. The van der Waals surface area contributed by atoms with Gasteiger partial charge in [-0.3, -0.25) is 0 Å². The molecule has 0 spiro atoms. The third-order valence-corrected chi connectivity index (χ3v) is 7.15. The van der Waals surface area contributed by atoms with E-state index in [9.17, 15) is 0 Å². The summed E-state index contributed by atoms with van der Waals surface area (Å²) in [4.78, 5) is 15.3. The van der Waals surface area contributed by atoms with Crippen molar-refractivity contribution < 1.29 is 4.74 Å². The SMILES string of the molecule is C=C(CC)NC1CCN(c2ncc3[nH]c(-c4cc(OC)c5ncnn5c4)c(C(C)C)c3c2C)CC1. The van der Waals surface area contributed by atoms with Gasteiger partial charge in [0.05, 0.1) is 24.5 Å². The summed E-state index contributed by atoms with van der Waals surface area (Å²) in [7, 11) is 1.67. The molecule has 1 aliphatic rings. The van der Waals surface area contributed by atoms with Crippen LogP contribution in [0, 0.1) is 6.92 Å². The summed E-state index contributed by atoms with van der Waals surface area (Å²) in [5, 5.41) is 9.19. The van der Waals surface area contributed by atoms with E-state index in [1.807, 2.05) is 18.5 Å². The number of piperidine rings is 1. The number of nitrogens with zero attached hydrogens (tertiary/aromatic N) is 5. The van der Waals surface area contributed by atoms with Crippen LogP contribution in [0.25, 0.3) is 27.8 Å². The van der Waals surface area contributed by atoms with Crippen LogP contribution in [-0.4, -0.2) is 50.8 Å². The minimum Gasteiger partial charge on any atom is -0.493 e. The Morgan fingerprint density at radius 1 is 1.29 bits per heavy atom. The maximum atomic E-state index is 5.62. The van der Waals surface area contributed by atoms with Gasteiger partial charge >= 0.3 is 0 Å². The third kappa shape index (κ3) is 4.11. The van der Waals surface area contributed by atoms with Gasteiger partial charge in [0.1, 0.15) is 12.1 Å². The molecule has 5 rings (SSSR count). The van der Waals surface area contributed by atoms with Crippen molar-refractivity contribution in [3.8, 4) is 17.0 Å². The van der Waals surface area contributed by atoms with E-state index in [0.29, 0.717) is 23.4 Å². The molecular weight excluding hydrogens is 438 g/mol. The van der Waals surface area contributed by atoms with E-state index in [0.717, 1.165) is 60.6 Å². The summed E-state index contributed by atoms with van der Waals surface area (Å²) < 4.78 is 7.39. The fourth-order valence-electron chi connectivity index (χ4n) is 5.30. The molecule has 0 aliphatic carbocycles. The van der Waals surface area contributed by atoms with Gasteiger partial charge in [0, 0.05) is 47.5 Å². The summed E-state index contributed by atoms with van der Waals surface area (Å²) >= 11 is 0. The predicted octanol–water partition coefficient (Wildman–Crippen LogP) is 5.20. The molecule has 1 aliphatic heterocycles. The molecule has 0 radical (unpaired) electrons. The molecule has 1 fully saturated rings. The number of methoxy groups -OCH3 is 1. The molecule has 0 atom stereocenters. The highest BCUT2D eigenvalue weighted by molar-refractivity contribution is 5.95. The number of rotatable bonds is 7. The van der Waals surface area contributed by atoms with E-state index in [-0.39, 0.29) is 0 Å². The second kappa shape index (κ2) is 9.24. The van der Waals surface area contributed by atoms with Crippen molar-refractivity contribution in [3.63, 3.8) is 0 Å². The van der Waals surface area contributed by atoms with Crippen molar-refractivity contribution >= 4 is 22.4 Å². The van der Waals surface area contributed by atoms with Crippen LogP contribution in [0.1, 0.15) is 57.1 Å². The van der Waals surface area contributed by atoms with Gasteiger partial charge in [0.2, 0.25) is 0 Å². The average molecular weight is 474 g/mol. The molecule has 1 saturated heterocycles. The zero-order valence-electron chi connectivity index (χ0n) is 21.4. The van der Waals surface area contributed by atoms with Crippen molar-refractivity contribution in [2.45, 2.75) is 58.9 Å². The number of hydrogen-bond acceptors (Lipinski definition) is 6. The second-order valence-electron chi connectivity index (χ2n) is 9.75. The molecule has 2 N–H and O–H groups in total. The average Bonchev–Trinajstić information content (AvgIpc) is 3.49. The van der Waals surface area contributed by atoms with Crippen LogP contribution in [0.2, 0.25) is 0 Å². The van der Waals surface area contributed by atoms with Crippen LogP contribution >= 0.6 is 0 Å². The summed E-state index contributed by atoms with van der Waals surface area (Å²) in [6.07, 6.45) is 8.69. The molecule has 4 aromatic heterocycles. The highest BCUT2D eigenvalue weighted by atomic mass is 16.5. The molecule has 0 bridgehead atoms. The van der Waals surface area contributed by atoms with Gasteiger partial charge in [-0.15, -0.1) is 0 Å². The number of hydrogen-bond donors (Lipinski definition) is 2. The Morgan fingerprint density at radius 3 is 2.74 bits per heavy atom. The van der Waals surface area contributed by atoms with Crippen LogP contribution in [-0.2, 0) is 0 Å². The lowest BCUT2D eigenvalue weighted by Crippen LogP contribution is -2.42. The minimum atomic E-state index is 0.320. The molecule has 8 nitrogen and oxygen atoms in total. The van der Waals surface area contributed by atoms with Crippen LogP contribution in [0.15, 0.2) is 37.1 Å². The third-order valence-electron chi connectivity index (χ3n) is 7.15. The molecule has 5 heterocycles. The number of anilines is 1. The van der Waals surface area contributed by atoms with Crippen LogP contribution in [0.4, 0.5) is 5.82 Å². The van der Waals surface area contributed by atoms with Gasteiger partial charge < -0.3 is 19.9 Å². The molecule has 0 unspecified atom stereocenters. The molecule has 35 heavy (non-hydrogen) atoms. The van der Waals surface area contributed by atoms with Crippen LogP contribution in [0.5, 0.6) is 5.75 Å². The van der Waals surface area contributed by atoms with E-state index < -0.39 is 0 Å². The zero-order valence-corrected chi connectivity index (χ0v) is 21.4. The number of aromatic nitrogens is 5. The normalized spacial score (nSPS) is 14.9. The monoisotopic (exact) mass is 473 g/mol. The first-order valence-corrected chi connectivity index (χ1v) is 12.5. The molecule has 8 heteroatoms. The van der Waals surface area contributed by atoms with Crippen LogP contribution < -0.4 is 15.0 Å². The zero-order chi connectivity index (χ0) is 24.7. The van der Waals surface area contributed by atoms with Gasteiger partial charge in [-0.05, 0) is 43.7 Å². The Bertz CT molecular complexity index is 1380. The van der Waals surface area contributed by atoms with Crippen molar-refractivity contribution in [3.05, 3.63) is 48.2 Å². The molecule has 0 aromatic carbocycles. The van der Waals surface area contributed by atoms with Crippen LogP contribution in [0.3, 0.4) is 0 Å². The first kappa shape index (κ1) is 23.2. The van der Waals surface area contributed by atoms with E-state index in [4.69, 9.17) is 9.72 Å². The van der Waals surface area contributed by atoms with Crippen molar-refractivity contribution in [2.24, 2.45) is 0 Å². The Morgan fingerprint density at radius 2 is 2.06 bits per heavy atom. The molecule has 184 valence electrons. The van der Waals surface area contributed by atoms with Gasteiger partial charge in [-0.25, -0.2) is 14.5 Å². The lowest BCUT2D eigenvalue weighted by Gasteiger charge is -2.34. The first-order valence-electron chi connectivity index (χ1n) is 12.5. The Kier molecular flexibility index (Phi) is 6.13. The number of nitrogens with one attached hydrogen (secondary N) is 2. The number of fused-ring (bicyclic) bond motifs is 2. The van der Waals surface area contributed by atoms with E-state index in [2.05, 4.69) is 59.6 Å². The summed E-state index contributed by atoms with van der Waals surface area (Å²) in [6, 6.07) is 2.53. The number of aromatic amines is 1. The quantitative estimate of drug-likeness (QED) is 0.384. The first-order chi connectivity index (χ1) is 16.9. The number of pyridine rings is 2. The Hall–Kier alpha value is -3.55. The second-order valence-corrected chi connectivity index (χ2v) is 9.75. The fraction of sp³-hybridized carbons (Fsp3) is 0.444. The highest BCUT2D eigenvalue weighted by Crippen LogP contribution is 2.40. The Balaban J connectivity index is 1.54. The molecular formula is C27H35N7O. The summed E-state index contributed by atoms with van der Waals surface area (Å²) in [5.41, 5.74) is 7.50. The number of allylic oxidation sites excluding steroid dienone is 1. The predicted molar refractivity (Wildman–Crippen MR) is 141 cm³/mol. The van der Waals surface area contributed by atoms with Gasteiger partial charge in [0.15, 0.2) is 11.4 Å². The maximum Gasteiger partial charge on any atom is 0.197 e. The number of aryl methyl sites for hydroxylation is 1. The maximum absolute atomic E-state index is 5.62. The number of ether oxygens (including phenoxy) is 1. The topological polar surface area (TPSA) is 83.4 Å².